The SMILES string of the molecule is O=C(NCCS(=O)(=O)N1CCc2ccccc21)c1ccc[nH]1. The summed E-state index contributed by atoms with van der Waals surface area (Å²) in [6.45, 7) is 0.547. The number of carbonyl (C=O) groups excluding carboxylic acids is 1. The Morgan fingerprint density at radius 1 is 1.23 bits per heavy atom. The van der Waals surface area contributed by atoms with Crippen molar-refractivity contribution in [3.05, 3.63) is 53.9 Å². The van der Waals surface area contributed by atoms with Gasteiger partial charge in [-0.3, -0.25) is 9.10 Å². The van der Waals surface area contributed by atoms with Gasteiger partial charge in [0.05, 0.1) is 11.4 Å². The number of hydrogen-bond donors (Lipinski definition) is 2. The number of carbonyl (C=O) groups is 1. The summed E-state index contributed by atoms with van der Waals surface area (Å²) in [7, 11) is -3.43. The van der Waals surface area contributed by atoms with Gasteiger partial charge >= 0.3 is 0 Å². The molecule has 1 amide bonds. The Balaban J connectivity index is 1.62. The van der Waals surface area contributed by atoms with Crippen molar-refractivity contribution in [3.8, 4) is 0 Å². The molecule has 3 rings (SSSR count). The van der Waals surface area contributed by atoms with Crippen molar-refractivity contribution >= 4 is 21.6 Å². The van der Waals surface area contributed by atoms with Gasteiger partial charge in [-0.25, -0.2) is 8.42 Å². The van der Waals surface area contributed by atoms with Gasteiger partial charge in [-0.1, -0.05) is 18.2 Å². The molecule has 0 atom stereocenters. The van der Waals surface area contributed by atoms with E-state index in [4.69, 9.17) is 0 Å². The fraction of sp³-hybridized carbons (Fsp3) is 0.267. The highest BCUT2D eigenvalue weighted by Crippen LogP contribution is 2.29. The fourth-order valence-electron chi connectivity index (χ4n) is 2.57. The Kier molecular flexibility index (Phi) is 3.89. The maximum Gasteiger partial charge on any atom is 0.267 e. The van der Waals surface area contributed by atoms with Crippen molar-refractivity contribution in [1.29, 1.82) is 0 Å². The second kappa shape index (κ2) is 5.84. The minimum atomic E-state index is -3.43. The van der Waals surface area contributed by atoms with Crippen molar-refractivity contribution in [1.82, 2.24) is 10.3 Å². The van der Waals surface area contributed by atoms with E-state index in [-0.39, 0.29) is 18.2 Å². The van der Waals surface area contributed by atoms with E-state index in [1.165, 1.54) is 4.31 Å². The molecule has 1 aromatic carbocycles. The first kappa shape index (κ1) is 14.6. The summed E-state index contributed by atoms with van der Waals surface area (Å²) < 4.78 is 26.3. The number of benzene rings is 1. The van der Waals surface area contributed by atoms with E-state index in [0.717, 1.165) is 17.7 Å². The highest BCUT2D eigenvalue weighted by molar-refractivity contribution is 7.92. The Hall–Kier alpha value is -2.28. The number of anilines is 1. The fourth-order valence-corrected chi connectivity index (χ4v) is 4.00. The molecule has 0 radical (unpaired) electrons. The second-order valence-corrected chi connectivity index (χ2v) is 7.12. The highest BCUT2D eigenvalue weighted by Gasteiger charge is 2.28. The zero-order chi connectivity index (χ0) is 15.6. The number of para-hydroxylation sites is 1. The van der Waals surface area contributed by atoms with E-state index in [9.17, 15) is 13.2 Å². The standard InChI is InChI=1S/C15H17N3O3S/c19-15(13-5-3-8-16-13)17-9-11-22(20,21)18-10-7-12-4-1-2-6-14(12)18/h1-6,8,16H,7,9-11H2,(H,17,19). The van der Waals surface area contributed by atoms with Crippen LogP contribution >= 0.6 is 0 Å². The molecule has 116 valence electrons. The summed E-state index contributed by atoms with van der Waals surface area (Å²) in [5.74, 6) is -0.421. The third kappa shape index (κ3) is 2.85. The van der Waals surface area contributed by atoms with Crippen LogP contribution in [-0.4, -0.2) is 38.2 Å². The summed E-state index contributed by atoms with van der Waals surface area (Å²) in [6.07, 6.45) is 2.37. The van der Waals surface area contributed by atoms with Gasteiger partial charge in [0.2, 0.25) is 10.0 Å². The lowest BCUT2D eigenvalue weighted by molar-refractivity contribution is 0.0952. The number of rotatable bonds is 5. The zero-order valence-electron chi connectivity index (χ0n) is 12.0. The first-order chi connectivity index (χ1) is 10.6. The first-order valence-corrected chi connectivity index (χ1v) is 8.69. The molecular formula is C15H17N3O3S. The molecule has 0 saturated carbocycles. The van der Waals surface area contributed by atoms with Crippen LogP contribution in [0, 0.1) is 0 Å². The largest absolute Gasteiger partial charge is 0.357 e. The summed E-state index contributed by atoms with van der Waals surface area (Å²) in [4.78, 5) is 14.5. The van der Waals surface area contributed by atoms with Gasteiger partial charge in [-0.15, -0.1) is 0 Å². The average molecular weight is 319 g/mol. The molecule has 0 spiro atoms. The van der Waals surface area contributed by atoms with E-state index >= 15 is 0 Å². The molecule has 1 aliphatic heterocycles. The van der Waals surface area contributed by atoms with Crippen molar-refractivity contribution in [2.75, 3.05) is 23.1 Å². The van der Waals surface area contributed by atoms with Crippen LogP contribution in [0.2, 0.25) is 0 Å². The molecule has 2 aromatic rings. The van der Waals surface area contributed by atoms with E-state index in [2.05, 4.69) is 10.3 Å². The Bertz CT molecular complexity index is 769. The lowest BCUT2D eigenvalue weighted by atomic mass is 10.2. The molecule has 1 aliphatic rings. The number of amides is 1. The number of H-pyrrole nitrogens is 1. The average Bonchev–Trinajstić information content (AvgIpc) is 3.16. The van der Waals surface area contributed by atoms with Crippen LogP contribution in [0.1, 0.15) is 16.1 Å². The molecule has 2 N–H and O–H groups in total. The number of fused-ring (bicyclic) bond motifs is 1. The summed E-state index contributed by atoms with van der Waals surface area (Å²) >= 11 is 0. The Morgan fingerprint density at radius 3 is 2.82 bits per heavy atom. The van der Waals surface area contributed by atoms with Gasteiger partial charge in [-0.2, -0.15) is 0 Å². The van der Waals surface area contributed by atoms with Crippen LogP contribution in [0.3, 0.4) is 0 Å². The lowest BCUT2D eigenvalue weighted by Crippen LogP contribution is -2.37. The maximum absolute atomic E-state index is 12.4. The Morgan fingerprint density at radius 2 is 2.05 bits per heavy atom. The van der Waals surface area contributed by atoms with Crippen LogP contribution < -0.4 is 9.62 Å². The highest BCUT2D eigenvalue weighted by atomic mass is 32.2. The van der Waals surface area contributed by atoms with E-state index in [1.54, 1.807) is 18.3 Å². The number of nitrogens with zero attached hydrogens (tertiary/aromatic N) is 1. The number of aromatic nitrogens is 1. The van der Waals surface area contributed by atoms with Crippen LogP contribution in [0.4, 0.5) is 5.69 Å². The van der Waals surface area contributed by atoms with Crippen LogP contribution in [-0.2, 0) is 16.4 Å². The third-order valence-corrected chi connectivity index (χ3v) is 5.44. The normalized spacial score (nSPS) is 13.9. The molecule has 0 unspecified atom stereocenters. The molecule has 2 heterocycles. The summed E-state index contributed by atoms with van der Waals surface area (Å²) in [6, 6.07) is 10.9. The maximum atomic E-state index is 12.4. The first-order valence-electron chi connectivity index (χ1n) is 7.08. The van der Waals surface area contributed by atoms with Gasteiger partial charge in [0.1, 0.15) is 5.69 Å². The summed E-state index contributed by atoms with van der Waals surface area (Å²) in [5.41, 5.74) is 2.21. The summed E-state index contributed by atoms with van der Waals surface area (Å²) in [5, 5.41) is 2.61. The van der Waals surface area contributed by atoms with Gasteiger partial charge in [0.25, 0.3) is 5.91 Å². The molecule has 6 nitrogen and oxygen atoms in total. The second-order valence-electron chi connectivity index (χ2n) is 5.11. The quantitative estimate of drug-likeness (QED) is 0.867. The molecule has 7 heteroatoms. The van der Waals surface area contributed by atoms with Crippen molar-refractivity contribution < 1.29 is 13.2 Å². The topological polar surface area (TPSA) is 82.3 Å². The molecule has 0 fully saturated rings. The van der Waals surface area contributed by atoms with Crippen molar-refractivity contribution in [3.63, 3.8) is 0 Å². The van der Waals surface area contributed by atoms with Gasteiger partial charge in [0, 0.05) is 19.3 Å². The molecule has 1 aromatic heterocycles. The predicted octanol–water partition coefficient (Wildman–Crippen LogP) is 1.14. The number of hydrogen-bond acceptors (Lipinski definition) is 3. The predicted molar refractivity (Wildman–Crippen MR) is 84.4 cm³/mol. The molecule has 0 aliphatic carbocycles. The van der Waals surface area contributed by atoms with Gasteiger partial charge in [0.15, 0.2) is 0 Å². The number of sulfonamides is 1. The van der Waals surface area contributed by atoms with E-state index in [1.807, 2.05) is 24.3 Å². The van der Waals surface area contributed by atoms with Crippen LogP contribution in [0.25, 0.3) is 0 Å². The van der Waals surface area contributed by atoms with Crippen molar-refractivity contribution in [2.45, 2.75) is 6.42 Å². The smallest absolute Gasteiger partial charge is 0.267 e. The van der Waals surface area contributed by atoms with Gasteiger partial charge < -0.3 is 10.3 Å². The zero-order valence-corrected chi connectivity index (χ0v) is 12.8. The minimum absolute atomic E-state index is 0.0822. The van der Waals surface area contributed by atoms with Crippen LogP contribution in [0.5, 0.6) is 0 Å². The number of nitrogens with one attached hydrogen (secondary N) is 2. The molecule has 0 saturated heterocycles. The van der Waals surface area contributed by atoms with Crippen molar-refractivity contribution in [2.24, 2.45) is 0 Å². The molecular weight excluding hydrogens is 302 g/mol. The molecule has 0 bridgehead atoms. The minimum Gasteiger partial charge on any atom is -0.357 e. The van der Waals surface area contributed by atoms with Gasteiger partial charge in [-0.05, 0) is 30.2 Å². The van der Waals surface area contributed by atoms with E-state index < -0.39 is 10.0 Å². The molecule has 22 heavy (non-hydrogen) atoms. The van der Waals surface area contributed by atoms with E-state index in [0.29, 0.717) is 12.2 Å². The third-order valence-electron chi connectivity index (χ3n) is 3.67. The monoisotopic (exact) mass is 319 g/mol. The van der Waals surface area contributed by atoms with Crippen LogP contribution in [0.15, 0.2) is 42.6 Å². The lowest BCUT2D eigenvalue weighted by Gasteiger charge is -2.19. The Labute approximate surface area is 129 Å². The number of aromatic amines is 1.